The summed E-state index contributed by atoms with van der Waals surface area (Å²) >= 11 is 8.05. The molecule has 1 atom stereocenters. The molecule has 1 saturated heterocycles. The Bertz CT molecular complexity index is 2180. The fourth-order valence-corrected chi connectivity index (χ4v) is 8.13. The molecule has 0 unspecified atom stereocenters. The molecule has 2 aliphatic rings. The number of carbonyl (C=O) groups is 3. The Labute approximate surface area is 279 Å². The second-order valence-corrected chi connectivity index (χ2v) is 13.5. The lowest BCUT2D eigenvalue weighted by atomic mass is 9.97. The van der Waals surface area contributed by atoms with Gasteiger partial charge in [0.1, 0.15) is 5.69 Å². The molecule has 1 fully saturated rings. The zero-order valence-corrected chi connectivity index (χ0v) is 27.3. The largest absolute Gasteiger partial charge is 0.415 e. The van der Waals surface area contributed by atoms with Gasteiger partial charge in [-0.2, -0.15) is 0 Å². The number of ether oxygens (including phenoxy) is 1. The highest BCUT2D eigenvalue weighted by atomic mass is 35.5. The van der Waals surface area contributed by atoms with E-state index in [0.29, 0.717) is 48.3 Å². The summed E-state index contributed by atoms with van der Waals surface area (Å²) < 4.78 is 6.89. The molecular weight excluding hydrogens is 634 g/mol. The molecule has 47 heavy (non-hydrogen) atoms. The number of nitrogens with one attached hydrogen (secondary N) is 3. The van der Waals surface area contributed by atoms with Gasteiger partial charge in [-0.25, -0.2) is 4.79 Å². The average Bonchev–Trinajstić information content (AvgIpc) is 3.88. The van der Waals surface area contributed by atoms with Crippen LogP contribution in [-0.2, 0) is 6.42 Å². The van der Waals surface area contributed by atoms with Gasteiger partial charge in [-0.05, 0) is 59.3 Å². The van der Waals surface area contributed by atoms with E-state index < -0.39 is 6.09 Å². The standard InChI is InChI=1S/C36H32ClN5O4S/c1-20-19-47-34-31(46-36(45)41-10-8-38-9-11-41)16-29-33(32(20)34)24(17-37)18-42(29)35(44)28-15-23-12-21(6-7-26(23)40-28)13-30(43)27-14-22-4-2-3-5-25(22)39-27/h2-7,12,14-16,19,24,38-40H,8-11,13,17-18H2,1H3/t24-/m1/s1. The van der Waals surface area contributed by atoms with E-state index in [1.54, 1.807) is 9.80 Å². The third kappa shape index (κ3) is 5.26. The van der Waals surface area contributed by atoms with Gasteiger partial charge in [0, 0.05) is 84.2 Å². The molecule has 0 bridgehead atoms. The lowest BCUT2D eigenvalue weighted by molar-refractivity contribution is 0.0978. The van der Waals surface area contributed by atoms with Crippen molar-refractivity contribution >= 4 is 78.3 Å². The molecule has 8 rings (SSSR count). The van der Waals surface area contributed by atoms with Crippen molar-refractivity contribution < 1.29 is 19.1 Å². The Kier molecular flexibility index (Phi) is 7.51. The molecule has 9 nitrogen and oxygen atoms in total. The summed E-state index contributed by atoms with van der Waals surface area (Å²) in [6.45, 7) is 5.05. The molecule has 5 heterocycles. The first-order valence-corrected chi connectivity index (χ1v) is 17.1. The van der Waals surface area contributed by atoms with Crippen LogP contribution in [0, 0.1) is 6.92 Å². The predicted molar refractivity (Wildman–Crippen MR) is 187 cm³/mol. The van der Waals surface area contributed by atoms with Gasteiger partial charge in [0.2, 0.25) is 0 Å². The number of hydrogen-bond donors (Lipinski definition) is 3. The number of amides is 2. The molecule has 2 amide bonds. The van der Waals surface area contributed by atoms with Crippen LogP contribution in [0.5, 0.6) is 5.75 Å². The number of H-pyrrole nitrogens is 2. The molecule has 238 valence electrons. The molecule has 6 aromatic rings. The average molecular weight is 666 g/mol. The number of hydrogen-bond acceptors (Lipinski definition) is 6. The van der Waals surface area contributed by atoms with Crippen LogP contribution < -0.4 is 15.0 Å². The van der Waals surface area contributed by atoms with Crippen LogP contribution in [0.1, 0.15) is 43.6 Å². The molecule has 11 heteroatoms. The van der Waals surface area contributed by atoms with Gasteiger partial charge in [-0.3, -0.25) is 9.59 Å². The van der Waals surface area contributed by atoms with Crippen LogP contribution in [0.25, 0.3) is 31.9 Å². The summed E-state index contributed by atoms with van der Waals surface area (Å²) in [5.74, 6) is 0.529. The third-order valence-corrected chi connectivity index (χ3v) is 10.7. The summed E-state index contributed by atoms with van der Waals surface area (Å²) in [5, 5.41) is 8.15. The number of anilines is 1. The summed E-state index contributed by atoms with van der Waals surface area (Å²) in [5.41, 5.74) is 6.38. The highest BCUT2D eigenvalue weighted by Gasteiger charge is 2.37. The van der Waals surface area contributed by atoms with Crippen LogP contribution in [0.2, 0.25) is 0 Å². The number of thiophene rings is 1. The van der Waals surface area contributed by atoms with Crippen molar-refractivity contribution in [2.24, 2.45) is 0 Å². The number of piperazine rings is 1. The number of Topliss-reactive ketones (excluding diaryl/α,β-unsaturated/α-hetero) is 1. The minimum absolute atomic E-state index is 0.00308. The van der Waals surface area contributed by atoms with Crippen LogP contribution in [-0.4, -0.2) is 71.3 Å². The highest BCUT2D eigenvalue weighted by molar-refractivity contribution is 7.17. The second kappa shape index (κ2) is 11.9. The van der Waals surface area contributed by atoms with Crippen molar-refractivity contribution in [3.63, 3.8) is 0 Å². The Hall–Kier alpha value is -4.64. The monoisotopic (exact) mass is 665 g/mol. The van der Waals surface area contributed by atoms with E-state index in [1.807, 2.05) is 67.6 Å². The number of para-hydroxylation sites is 1. The van der Waals surface area contributed by atoms with Crippen LogP contribution in [0.3, 0.4) is 0 Å². The van der Waals surface area contributed by atoms with Gasteiger partial charge in [0.15, 0.2) is 11.5 Å². The number of alkyl halides is 1. The van der Waals surface area contributed by atoms with E-state index in [2.05, 4.69) is 20.7 Å². The van der Waals surface area contributed by atoms with Crippen LogP contribution in [0.4, 0.5) is 10.5 Å². The maximum absolute atomic E-state index is 14.2. The topological polar surface area (TPSA) is 111 Å². The second-order valence-electron chi connectivity index (χ2n) is 12.3. The normalized spacial score (nSPS) is 16.3. The maximum atomic E-state index is 14.2. The molecule has 0 aliphatic carbocycles. The van der Waals surface area contributed by atoms with Crippen molar-refractivity contribution in [3.8, 4) is 5.75 Å². The molecule has 3 N–H and O–H groups in total. The summed E-state index contributed by atoms with van der Waals surface area (Å²) in [4.78, 5) is 50.4. The Balaban J connectivity index is 1.09. The minimum atomic E-state index is -0.391. The van der Waals surface area contributed by atoms with E-state index in [9.17, 15) is 14.4 Å². The van der Waals surface area contributed by atoms with Gasteiger partial charge in [-0.1, -0.05) is 24.3 Å². The van der Waals surface area contributed by atoms with E-state index in [1.165, 1.54) is 11.3 Å². The number of aromatic amines is 2. The lowest BCUT2D eigenvalue weighted by Gasteiger charge is -2.26. The molecule has 3 aromatic heterocycles. The molecule has 3 aromatic carbocycles. The summed E-state index contributed by atoms with van der Waals surface area (Å²) in [6.07, 6.45) is -0.155. The highest BCUT2D eigenvalue weighted by Crippen LogP contribution is 2.49. The van der Waals surface area contributed by atoms with Gasteiger partial charge in [0.05, 0.1) is 16.1 Å². The van der Waals surface area contributed by atoms with Gasteiger partial charge in [0.25, 0.3) is 5.91 Å². The summed E-state index contributed by atoms with van der Waals surface area (Å²) in [7, 11) is 0. The summed E-state index contributed by atoms with van der Waals surface area (Å²) in [6, 6.07) is 19.1. The number of rotatable bonds is 6. The molecule has 0 radical (unpaired) electrons. The van der Waals surface area contributed by atoms with E-state index in [0.717, 1.165) is 61.7 Å². The van der Waals surface area contributed by atoms with Crippen LogP contribution in [0.15, 0.2) is 66.0 Å². The van der Waals surface area contributed by atoms with Gasteiger partial charge >= 0.3 is 6.09 Å². The third-order valence-electron chi connectivity index (χ3n) is 9.23. The zero-order chi connectivity index (χ0) is 32.2. The Morgan fingerprint density at radius 2 is 1.72 bits per heavy atom. The number of ketones is 1. The van der Waals surface area contributed by atoms with E-state index in [4.69, 9.17) is 16.3 Å². The number of aryl methyl sites for hydroxylation is 1. The number of halogens is 1. The van der Waals surface area contributed by atoms with Crippen molar-refractivity contribution in [2.75, 3.05) is 43.5 Å². The van der Waals surface area contributed by atoms with Gasteiger partial charge in [-0.15, -0.1) is 22.9 Å². The Morgan fingerprint density at radius 3 is 2.53 bits per heavy atom. The molecule has 0 saturated carbocycles. The fourth-order valence-electron chi connectivity index (χ4n) is 6.86. The number of fused-ring (bicyclic) bond motifs is 5. The number of aromatic nitrogens is 2. The Morgan fingerprint density at radius 1 is 0.957 bits per heavy atom. The molecule has 0 spiro atoms. The number of nitrogens with zero attached hydrogens (tertiary/aromatic N) is 2. The quantitative estimate of drug-likeness (QED) is 0.131. The van der Waals surface area contributed by atoms with E-state index >= 15 is 0 Å². The number of carbonyl (C=O) groups excluding carboxylic acids is 3. The minimum Gasteiger partial charge on any atom is -0.409 e. The lowest BCUT2D eigenvalue weighted by Crippen LogP contribution is -2.47. The molecule has 2 aliphatic heterocycles. The molecular formula is C36H32ClN5O4S. The SMILES string of the molecule is Cc1csc2c(OC(=O)N3CCNCC3)cc3c(c12)[C@H](CCl)CN3C(=O)c1cc2cc(CC(=O)c3cc4ccccc4[nH]3)ccc2[nH]1. The maximum Gasteiger partial charge on any atom is 0.415 e. The zero-order valence-electron chi connectivity index (χ0n) is 25.7. The first-order valence-electron chi connectivity index (χ1n) is 15.7. The van der Waals surface area contributed by atoms with Crippen molar-refractivity contribution in [1.29, 1.82) is 0 Å². The van der Waals surface area contributed by atoms with Crippen molar-refractivity contribution in [1.82, 2.24) is 20.2 Å². The van der Waals surface area contributed by atoms with Crippen LogP contribution >= 0.6 is 22.9 Å². The number of benzene rings is 3. The predicted octanol–water partition coefficient (Wildman–Crippen LogP) is 6.98. The smallest absolute Gasteiger partial charge is 0.409 e. The first-order chi connectivity index (χ1) is 22.9. The van der Waals surface area contributed by atoms with E-state index in [-0.39, 0.29) is 24.0 Å². The van der Waals surface area contributed by atoms with Crippen molar-refractivity contribution in [2.45, 2.75) is 19.3 Å². The first kappa shape index (κ1) is 29.7. The van der Waals surface area contributed by atoms with Crippen molar-refractivity contribution in [3.05, 3.63) is 94.1 Å². The van der Waals surface area contributed by atoms with Gasteiger partial charge < -0.3 is 29.8 Å². The fraction of sp³-hybridized carbons (Fsp3) is 0.250.